The molecule has 3 aromatic rings. The number of nitrogens with two attached hydrogens (primary N) is 1. The van der Waals surface area contributed by atoms with Crippen molar-refractivity contribution in [3.8, 4) is 5.82 Å². The summed E-state index contributed by atoms with van der Waals surface area (Å²) in [6.07, 6.45) is -0.372. The SMILES string of the molecule is N[C@H]1CCCc2c1nnn2-c1cc(Cc2cc(F)cc(C(F)(F)F)c2)ccn1. The van der Waals surface area contributed by atoms with Crippen LogP contribution in [-0.2, 0) is 19.0 Å². The number of rotatable bonds is 3. The Balaban J connectivity index is 1.65. The van der Waals surface area contributed by atoms with Crippen LogP contribution in [0.5, 0.6) is 0 Å². The van der Waals surface area contributed by atoms with E-state index in [-0.39, 0.29) is 18.0 Å². The fourth-order valence-electron chi connectivity index (χ4n) is 3.48. The van der Waals surface area contributed by atoms with Gasteiger partial charge in [0.05, 0.1) is 17.3 Å². The Morgan fingerprint density at radius 2 is 1.96 bits per heavy atom. The molecule has 0 radical (unpaired) electrons. The first-order valence-electron chi connectivity index (χ1n) is 8.83. The minimum atomic E-state index is -4.60. The fraction of sp³-hybridized carbons (Fsp3) is 0.316. The summed E-state index contributed by atoms with van der Waals surface area (Å²) < 4.78 is 54.0. The highest BCUT2D eigenvalue weighted by Gasteiger charge is 2.31. The minimum Gasteiger partial charge on any atom is -0.323 e. The number of pyridine rings is 1. The smallest absolute Gasteiger partial charge is 0.323 e. The van der Waals surface area contributed by atoms with E-state index >= 15 is 0 Å². The molecule has 2 N–H and O–H groups in total. The van der Waals surface area contributed by atoms with Crippen molar-refractivity contribution in [1.82, 2.24) is 20.0 Å². The third-order valence-corrected chi connectivity index (χ3v) is 4.79. The largest absolute Gasteiger partial charge is 0.416 e. The molecule has 0 amide bonds. The third-order valence-electron chi connectivity index (χ3n) is 4.79. The van der Waals surface area contributed by atoms with Crippen LogP contribution in [0.4, 0.5) is 17.6 Å². The number of alkyl halides is 3. The van der Waals surface area contributed by atoms with Gasteiger partial charge in [0, 0.05) is 6.20 Å². The zero-order valence-electron chi connectivity index (χ0n) is 14.7. The van der Waals surface area contributed by atoms with Gasteiger partial charge in [-0.1, -0.05) is 5.21 Å². The topological polar surface area (TPSA) is 69.6 Å². The summed E-state index contributed by atoms with van der Waals surface area (Å²) in [6, 6.07) is 5.79. The van der Waals surface area contributed by atoms with Gasteiger partial charge in [0.15, 0.2) is 5.82 Å². The minimum absolute atomic E-state index is 0.132. The molecule has 0 saturated heterocycles. The predicted octanol–water partition coefficient (Wildman–Crippen LogP) is 3.75. The van der Waals surface area contributed by atoms with E-state index in [1.807, 2.05) is 0 Å². The molecule has 0 spiro atoms. The molecule has 2 heterocycles. The summed E-state index contributed by atoms with van der Waals surface area (Å²) in [5.41, 5.74) is 7.63. The normalized spacial score (nSPS) is 16.8. The van der Waals surface area contributed by atoms with Gasteiger partial charge < -0.3 is 5.73 Å². The second kappa shape index (κ2) is 6.97. The van der Waals surface area contributed by atoms with Crippen molar-refractivity contribution in [2.75, 3.05) is 0 Å². The van der Waals surface area contributed by atoms with Gasteiger partial charge >= 0.3 is 6.18 Å². The van der Waals surface area contributed by atoms with Crippen LogP contribution in [0.2, 0.25) is 0 Å². The molecule has 5 nitrogen and oxygen atoms in total. The van der Waals surface area contributed by atoms with E-state index < -0.39 is 17.6 Å². The number of nitrogens with zero attached hydrogens (tertiary/aromatic N) is 4. The van der Waals surface area contributed by atoms with Gasteiger partial charge in [-0.3, -0.25) is 0 Å². The number of halogens is 4. The summed E-state index contributed by atoms with van der Waals surface area (Å²) in [6.45, 7) is 0. The molecular formula is C19H17F4N5. The monoisotopic (exact) mass is 391 g/mol. The molecule has 1 aliphatic carbocycles. The van der Waals surface area contributed by atoms with Gasteiger partial charge in [0.2, 0.25) is 0 Å². The lowest BCUT2D eigenvalue weighted by Crippen LogP contribution is -2.18. The lowest BCUT2D eigenvalue weighted by Gasteiger charge is -2.17. The van der Waals surface area contributed by atoms with Crippen molar-refractivity contribution >= 4 is 0 Å². The van der Waals surface area contributed by atoms with E-state index in [2.05, 4.69) is 15.3 Å². The maximum Gasteiger partial charge on any atom is 0.416 e. The van der Waals surface area contributed by atoms with Gasteiger partial charge in [-0.25, -0.2) is 9.37 Å². The lowest BCUT2D eigenvalue weighted by atomic mass is 9.97. The number of aromatic nitrogens is 4. The molecule has 4 rings (SSSR count). The molecule has 0 fully saturated rings. The molecule has 1 atom stereocenters. The van der Waals surface area contributed by atoms with Gasteiger partial charge in [-0.05, 0) is 67.1 Å². The van der Waals surface area contributed by atoms with Crippen molar-refractivity contribution in [1.29, 1.82) is 0 Å². The van der Waals surface area contributed by atoms with Crippen LogP contribution in [0.15, 0.2) is 36.5 Å². The maximum atomic E-state index is 13.6. The van der Waals surface area contributed by atoms with Crippen LogP contribution < -0.4 is 5.73 Å². The van der Waals surface area contributed by atoms with E-state index in [4.69, 9.17) is 5.73 Å². The Bertz CT molecular complexity index is 1010. The lowest BCUT2D eigenvalue weighted by molar-refractivity contribution is -0.137. The van der Waals surface area contributed by atoms with Crippen molar-refractivity contribution < 1.29 is 17.6 Å². The molecule has 1 aliphatic rings. The first-order chi connectivity index (χ1) is 13.3. The van der Waals surface area contributed by atoms with Gasteiger partial charge in [0.25, 0.3) is 0 Å². The molecule has 2 aromatic heterocycles. The first kappa shape index (κ1) is 18.5. The van der Waals surface area contributed by atoms with Gasteiger partial charge in [-0.2, -0.15) is 17.9 Å². The predicted molar refractivity (Wildman–Crippen MR) is 93.2 cm³/mol. The number of hydrogen-bond donors (Lipinski definition) is 1. The van der Waals surface area contributed by atoms with E-state index in [1.54, 1.807) is 23.0 Å². The average molecular weight is 391 g/mol. The Morgan fingerprint density at radius 1 is 1.14 bits per heavy atom. The van der Waals surface area contributed by atoms with E-state index in [1.165, 1.54) is 0 Å². The molecule has 28 heavy (non-hydrogen) atoms. The Labute approximate surface area is 158 Å². The van der Waals surface area contributed by atoms with Crippen LogP contribution in [0.1, 0.15) is 47.0 Å². The fourth-order valence-corrected chi connectivity index (χ4v) is 3.48. The average Bonchev–Trinajstić information content (AvgIpc) is 3.06. The van der Waals surface area contributed by atoms with Gasteiger partial charge in [0.1, 0.15) is 11.5 Å². The molecule has 0 bridgehead atoms. The van der Waals surface area contributed by atoms with Crippen LogP contribution in [-0.4, -0.2) is 20.0 Å². The molecular weight excluding hydrogens is 374 g/mol. The summed E-state index contributed by atoms with van der Waals surface area (Å²) in [5.74, 6) is -0.411. The summed E-state index contributed by atoms with van der Waals surface area (Å²) >= 11 is 0. The van der Waals surface area contributed by atoms with Crippen molar-refractivity contribution in [3.05, 3.63) is 70.4 Å². The second-order valence-corrected chi connectivity index (χ2v) is 6.88. The van der Waals surface area contributed by atoms with Crippen LogP contribution in [0.25, 0.3) is 5.82 Å². The van der Waals surface area contributed by atoms with E-state index in [0.717, 1.165) is 42.8 Å². The summed E-state index contributed by atoms with van der Waals surface area (Å²) in [4.78, 5) is 4.30. The van der Waals surface area contributed by atoms with Crippen LogP contribution >= 0.6 is 0 Å². The van der Waals surface area contributed by atoms with Gasteiger partial charge in [-0.15, -0.1) is 5.10 Å². The molecule has 9 heteroatoms. The summed E-state index contributed by atoms with van der Waals surface area (Å²) in [5, 5.41) is 8.29. The Kier molecular flexibility index (Phi) is 4.62. The highest BCUT2D eigenvalue weighted by atomic mass is 19.4. The standard InChI is InChI=1S/C19H17F4N5/c20-14-8-12(7-13(10-14)19(21,22)23)6-11-4-5-25-17(9-11)28-16-3-1-2-15(24)18(16)26-27-28/h4-5,7-10,15H,1-3,6,24H2/t15-/m0/s1. The maximum absolute atomic E-state index is 13.6. The molecule has 146 valence electrons. The van der Waals surface area contributed by atoms with Crippen molar-refractivity contribution in [2.45, 2.75) is 37.9 Å². The van der Waals surface area contributed by atoms with Crippen LogP contribution in [0.3, 0.4) is 0 Å². The van der Waals surface area contributed by atoms with Crippen LogP contribution in [0, 0.1) is 5.82 Å². The zero-order chi connectivity index (χ0) is 19.9. The number of hydrogen-bond acceptors (Lipinski definition) is 4. The van der Waals surface area contributed by atoms with Crippen molar-refractivity contribution in [2.24, 2.45) is 5.73 Å². The number of benzene rings is 1. The molecule has 0 aliphatic heterocycles. The van der Waals surface area contributed by atoms with Crippen molar-refractivity contribution in [3.63, 3.8) is 0 Å². The summed E-state index contributed by atoms with van der Waals surface area (Å²) in [7, 11) is 0. The molecule has 0 saturated carbocycles. The quantitative estimate of drug-likeness (QED) is 0.691. The highest BCUT2D eigenvalue weighted by Crippen LogP contribution is 2.31. The molecule has 0 unspecified atom stereocenters. The Hall–Kier alpha value is -2.81. The highest BCUT2D eigenvalue weighted by molar-refractivity contribution is 5.36. The van der Waals surface area contributed by atoms with E-state index in [9.17, 15) is 17.6 Å². The third kappa shape index (κ3) is 3.62. The van der Waals surface area contributed by atoms with E-state index in [0.29, 0.717) is 17.4 Å². The Morgan fingerprint density at radius 3 is 2.75 bits per heavy atom. The first-order valence-corrected chi connectivity index (χ1v) is 8.83. The zero-order valence-corrected chi connectivity index (χ0v) is 14.7. The molecule has 1 aromatic carbocycles. The second-order valence-electron chi connectivity index (χ2n) is 6.88. The number of fused-ring (bicyclic) bond motifs is 1.